The zero-order valence-electron chi connectivity index (χ0n) is 16.1. The summed E-state index contributed by atoms with van der Waals surface area (Å²) in [6.45, 7) is 3.48. The van der Waals surface area contributed by atoms with Gasteiger partial charge in [-0.05, 0) is 19.4 Å². The van der Waals surface area contributed by atoms with Gasteiger partial charge in [-0.25, -0.2) is 10.2 Å². The third kappa shape index (κ3) is 6.73. The Hall–Kier alpha value is -3.75. The number of rotatable bonds is 8. The lowest BCUT2D eigenvalue weighted by Gasteiger charge is -2.16. The van der Waals surface area contributed by atoms with Crippen LogP contribution < -0.4 is 10.7 Å². The number of nitro benzene ring substituents is 1. The quantitative estimate of drug-likeness (QED) is 0.402. The second-order valence-corrected chi connectivity index (χ2v) is 6.14. The van der Waals surface area contributed by atoms with Gasteiger partial charge in [-0.1, -0.05) is 42.5 Å². The highest BCUT2D eigenvalue weighted by Crippen LogP contribution is 2.18. The average molecular weight is 398 g/mol. The molecule has 29 heavy (non-hydrogen) atoms. The van der Waals surface area contributed by atoms with Crippen molar-refractivity contribution in [3.8, 4) is 0 Å². The molecule has 0 heterocycles. The SMILES string of the molecule is CCOC(=O)N[C@@H](Cc1ccccc1)C(=O)N/N=C\c1ccc(C)c([N+](=O)[O-])c1. The molecule has 0 unspecified atom stereocenters. The zero-order valence-corrected chi connectivity index (χ0v) is 16.1. The molecule has 0 saturated heterocycles. The molecule has 1 atom stereocenters. The van der Waals surface area contributed by atoms with E-state index in [-0.39, 0.29) is 18.7 Å². The van der Waals surface area contributed by atoms with Gasteiger partial charge in [0.05, 0.1) is 17.7 Å². The van der Waals surface area contributed by atoms with E-state index in [2.05, 4.69) is 15.8 Å². The maximum absolute atomic E-state index is 12.5. The van der Waals surface area contributed by atoms with Crippen molar-refractivity contribution in [3.63, 3.8) is 0 Å². The molecule has 0 aromatic heterocycles. The molecule has 2 rings (SSSR count). The summed E-state index contributed by atoms with van der Waals surface area (Å²) < 4.78 is 4.85. The van der Waals surface area contributed by atoms with Crippen molar-refractivity contribution >= 4 is 23.9 Å². The van der Waals surface area contributed by atoms with Crippen LogP contribution in [0.25, 0.3) is 0 Å². The summed E-state index contributed by atoms with van der Waals surface area (Å²) in [6.07, 6.45) is 0.840. The first-order chi connectivity index (χ1) is 13.9. The summed E-state index contributed by atoms with van der Waals surface area (Å²) in [6, 6.07) is 12.9. The van der Waals surface area contributed by atoms with Crippen LogP contribution in [0.2, 0.25) is 0 Å². The summed E-state index contributed by atoms with van der Waals surface area (Å²) >= 11 is 0. The van der Waals surface area contributed by atoms with E-state index in [0.717, 1.165) is 5.56 Å². The molecule has 0 aliphatic heterocycles. The van der Waals surface area contributed by atoms with Crippen molar-refractivity contribution in [1.29, 1.82) is 0 Å². The number of hydrazone groups is 1. The van der Waals surface area contributed by atoms with E-state index < -0.39 is 23.0 Å². The minimum Gasteiger partial charge on any atom is -0.450 e. The van der Waals surface area contributed by atoms with Crippen molar-refractivity contribution in [3.05, 3.63) is 75.3 Å². The van der Waals surface area contributed by atoms with E-state index in [0.29, 0.717) is 11.1 Å². The summed E-state index contributed by atoms with van der Waals surface area (Å²) in [5.41, 5.74) is 4.15. The van der Waals surface area contributed by atoms with Crippen LogP contribution >= 0.6 is 0 Å². The number of aryl methyl sites for hydroxylation is 1. The van der Waals surface area contributed by atoms with Crippen LogP contribution in [-0.2, 0) is 16.0 Å². The minimum absolute atomic E-state index is 0.0359. The normalized spacial score (nSPS) is 11.7. The molecule has 9 heteroatoms. The monoisotopic (exact) mass is 398 g/mol. The van der Waals surface area contributed by atoms with Crippen molar-refractivity contribution < 1.29 is 19.2 Å². The highest BCUT2D eigenvalue weighted by Gasteiger charge is 2.21. The molecular formula is C20H22N4O5. The van der Waals surface area contributed by atoms with Crippen molar-refractivity contribution in [2.24, 2.45) is 5.10 Å². The molecule has 0 fully saturated rings. The van der Waals surface area contributed by atoms with Gasteiger partial charge in [0.1, 0.15) is 6.04 Å². The first kappa shape index (κ1) is 21.5. The number of nitrogens with one attached hydrogen (secondary N) is 2. The van der Waals surface area contributed by atoms with Gasteiger partial charge in [-0.2, -0.15) is 5.10 Å². The van der Waals surface area contributed by atoms with Crippen LogP contribution in [0.4, 0.5) is 10.5 Å². The minimum atomic E-state index is -0.902. The van der Waals surface area contributed by atoms with Gasteiger partial charge < -0.3 is 10.1 Å². The third-order valence-electron chi connectivity index (χ3n) is 3.98. The molecule has 0 aliphatic carbocycles. The topological polar surface area (TPSA) is 123 Å². The lowest BCUT2D eigenvalue weighted by Crippen LogP contribution is -2.47. The Bertz CT molecular complexity index is 899. The number of hydrogen-bond donors (Lipinski definition) is 2. The highest BCUT2D eigenvalue weighted by atomic mass is 16.6. The molecular weight excluding hydrogens is 376 g/mol. The predicted octanol–water partition coefficient (Wildman–Crippen LogP) is 2.71. The van der Waals surface area contributed by atoms with Crippen molar-refractivity contribution in [1.82, 2.24) is 10.7 Å². The number of nitro groups is 1. The molecule has 0 bridgehead atoms. The van der Waals surface area contributed by atoms with Crippen LogP contribution in [0.3, 0.4) is 0 Å². The first-order valence-corrected chi connectivity index (χ1v) is 8.96. The lowest BCUT2D eigenvalue weighted by atomic mass is 10.1. The zero-order chi connectivity index (χ0) is 21.2. The molecule has 0 spiro atoms. The number of hydrogen-bond acceptors (Lipinski definition) is 6. The standard InChI is InChI=1S/C20H22N4O5/c1-3-29-20(26)22-17(11-15-7-5-4-6-8-15)19(25)23-21-13-16-10-9-14(2)18(12-16)24(27)28/h4-10,12-13,17H,3,11H2,1-2H3,(H,22,26)(H,23,25)/b21-13-/t17-/m0/s1. The summed E-state index contributed by atoms with van der Waals surface area (Å²) in [5, 5.41) is 17.4. The largest absolute Gasteiger partial charge is 0.450 e. The van der Waals surface area contributed by atoms with Crippen LogP contribution in [0.15, 0.2) is 53.6 Å². The van der Waals surface area contributed by atoms with E-state index in [4.69, 9.17) is 4.74 Å². The molecule has 2 N–H and O–H groups in total. The fraction of sp³-hybridized carbons (Fsp3) is 0.250. The highest BCUT2D eigenvalue weighted by molar-refractivity contribution is 5.87. The molecule has 2 amide bonds. The smallest absolute Gasteiger partial charge is 0.407 e. The Kier molecular flexibility index (Phi) is 7.84. The Morgan fingerprint density at radius 2 is 1.97 bits per heavy atom. The van der Waals surface area contributed by atoms with Crippen LogP contribution in [0, 0.1) is 17.0 Å². The molecule has 2 aromatic carbocycles. The van der Waals surface area contributed by atoms with Crippen LogP contribution in [0.1, 0.15) is 23.6 Å². The second kappa shape index (κ2) is 10.5. The number of alkyl carbamates (subject to hydrolysis) is 1. The van der Waals surface area contributed by atoms with Crippen LogP contribution in [0.5, 0.6) is 0 Å². The third-order valence-corrected chi connectivity index (χ3v) is 3.98. The molecule has 0 aliphatic rings. The molecule has 152 valence electrons. The van der Waals surface area contributed by atoms with E-state index in [1.54, 1.807) is 26.0 Å². The number of carbonyl (C=O) groups excluding carboxylic acids is 2. The second-order valence-electron chi connectivity index (χ2n) is 6.14. The first-order valence-electron chi connectivity index (χ1n) is 8.96. The van der Waals surface area contributed by atoms with Gasteiger partial charge in [0.15, 0.2) is 0 Å². The molecule has 0 radical (unpaired) electrons. The van der Waals surface area contributed by atoms with E-state index >= 15 is 0 Å². The number of amides is 2. The Balaban J connectivity index is 2.08. The number of carbonyl (C=O) groups is 2. The van der Waals surface area contributed by atoms with E-state index in [1.807, 2.05) is 30.3 Å². The van der Waals surface area contributed by atoms with E-state index in [9.17, 15) is 19.7 Å². The van der Waals surface area contributed by atoms with E-state index in [1.165, 1.54) is 12.3 Å². The number of nitrogens with zero attached hydrogens (tertiary/aromatic N) is 2. The molecule has 2 aromatic rings. The lowest BCUT2D eigenvalue weighted by molar-refractivity contribution is -0.385. The molecule has 9 nitrogen and oxygen atoms in total. The van der Waals surface area contributed by atoms with Gasteiger partial charge in [-0.15, -0.1) is 0 Å². The fourth-order valence-electron chi connectivity index (χ4n) is 2.53. The fourth-order valence-corrected chi connectivity index (χ4v) is 2.53. The Morgan fingerprint density at radius 1 is 1.24 bits per heavy atom. The summed E-state index contributed by atoms with van der Waals surface area (Å²) in [7, 11) is 0. The van der Waals surface area contributed by atoms with Gasteiger partial charge in [0.25, 0.3) is 11.6 Å². The number of ether oxygens (including phenoxy) is 1. The van der Waals surface area contributed by atoms with Crippen molar-refractivity contribution in [2.45, 2.75) is 26.3 Å². The van der Waals surface area contributed by atoms with Gasteiger partial charge in [-0.3, -0.25) is 14.9 Å². The number of benzene rings is 2. The molecule has 0 saturated carbocycles. The Morgan fingerprint density at radius 3 is 2.62 bits per heavy atom. The van der Waals surface area contributed by atoms with Crippen LogP contribution in [-0.4, -0.2) is 35.8 Å². The summed E-state index contributed by atoms with van der Waals surface area (Å²) in [5.74, 6) is -0.542. The maximum atomic E-state index is 12.5. The maximum Gasteiger partial charge on any atom is 0.407 e. The predicted molar refractivity (Wildman–Crippen MR) is 108 cm³/mol. The van der Waals surface area contributed by atoms with Gasteiger partial charge >= 0.3 is 6.09 Å². The average Bonchev–Trinajstić information content (AvgIpc) is 2.69. The Labute approximate surface area is 167 Å². The van der Waals surface area contributed by atoms with Gasteiger partial charge in [0, 0.05) is 23.6 Å². The summed E-state index contributed by atoms with van der Waals surface area (Å²) in [4.78, 5) is 34.8. The van der Waals surface area contributed by atoms with Gasteiger partial charge in [0.2, 0.25) is 0 Å². The van der Waals surface area contributed by atoms with Crippen molar-refractivity contribution in [2.75, 3.05) is 6.61 Å².